The van der Waals surface area contributed by atoms with E-state index in [2.05, 4.69) is 16.9 Å². The molecule has 4 rings (SSSR count). The van der Waals surface area contributed by atoms with E-state index in [1.54, 1.807) is 6.20 Å². The molecule has 0 saturated heterocycles. The van der Waals surface area contributed by atoms with Crippen molar-refractivity contribution in [1.82, 2.24) is 9.97 Å². The molecule has 1 aromatic carbocycles. The lowest BCUT2D eigenvalue weighted by molar-refractivity contribution is 0.629. The number of hydrogen-bond acceptors (Lipinski definition) is 2. The second kappa shape index (κ2) is 5.27. The second-order valence-electron chi connectivity index (χ2n) is 6.18. The van der Waals surface area contributed by atoms with E-state index in [9.17, 15) is 4.39 Å². The van der Waals surface area contributed by atoms with E-state index >= 15 is 0 Å². The fourth-order valence-corrected chi connectivity index (χ4v) is 3.63. The highest BCUT2D eigenvalue weighted by atomic mass is 35.5. The molecule has 3 aromatic rings. The summed E-state index contributed by atoms with van der Waals surface area (Å²) in [7, 11) is 0. The van der Waals surface area contributed by atoms with Gasteiger partial charge in [0.05, 0.1) is 16.2 Å². The predicted molar refractivity (Wildman–Crippen MR) is 91.1 cm³/mol. The summed E-state index contributed by atoms with van der Waals surface area (Å²) in [5.74, 6) is -0.347. The van der Waals surface area contributed by atoms with Gasteiger partial charge in [0, 0.05) is 23.3 Å². The Morgan fingerprint density at radius 3 is 2.70 bits per heavy atom. The normalized spacial score (nSPS) is 15.8. The quantitative estimate of drug-likeness (QED) is 0.632. The molecule has 1 aliphatic carbocycles. The smallest absolute Gasteiger partial charge is 0.125 e. The summed E-state index contributed by atoms with van der Waals surface area (Å²) in [6.45, 7) is 2.19. The molecule has 4 heteroatoms. The molecule has 0 atom stereocenters. The van der Waals surface area contributed by atoms with Crippen LogP contribution in [0.3, 0.4) is 0 Å². The molecule has 2 nitrogen and oxygen atoms in total. The van der Waals surface area contributed by atoms with Crippen molar-refractivity contribution >= 4 is 22.5 Å². The highest BCUT2D eigenvalue weighted by Crippen LogP contribution is 2.54. The lowest BCUT2D eigenvalue weighted by Gasteiger charge is -2.19. The van der Waals surface area contributed by atoms with Crippen LogP contribution < -0.4 is 0 Å². The van der Waals surface area contributed by atoms with Gasteiger partial charge in [0.15, 0.2) is 0 Å². The fourth-order valence-electron chi connectivity index (χ4n) is 3.38. The Kier molecular flexibility index (Phi) is 3.34. The summed E-state index contributed by atoms with van der Waals surface area (Å²) in [5, 5.41) is 1.08. The van der Waals surface area contributed by atoms with Gasteiger partial charge in [0.2, 0.25) is 0 Å². The number of halogens is 2. The molecule has 0 N–H and O–H groups in total. The number of rotatable bonds is 3. The first-order chi connectivity index (χ1) is 11.1. The van der Waals surface area contributed by atoms with Gasteiger partial charge in [-0.25, -0.2) is 4.39 Å². The predicted octanol–water partition coefficient (Wildman–Crippen LogP) is 5.53. The van der Waals surface area contributed by atoms with E-state index in [0.717, 1.165) is 41.5 Å². The average Bonchev–Trinajstić information content (AvgIpc) is 3.35. The number of pyridine rings is 2. The standard InChI is InChI=1S/C19H16ClFN2/c1-2-19(6-7-19)14-11-23-18-13(9-12(21)10-15(18)20)17(14)16-5-3-4-8-22-16/h3-5,8-11H,2,6-7H2,1H3. The Morgan fingerprint density at radius 1 is 1.22 bits per heavy atom. The maximum atomic E-state index is 14.0. The van der Waals surface area contributed by atoms with Crippen LogP contribution in [-0.4, -0.2) is 9.97 Å². The zero-order valence-corrected chi connectivity index (χ0v) is 13.6. The van der Waals surface area contributed by atoms with Crippen LogP contribution in [0.4, 0.5) is 4.39 Å². The first kappa shape index (κ1) is 14.6. The van der Waals surface area contributed by atoms with Gasteiger partial charge in [-0.05, 0) is 54.5 Å². The number of fused-ring (bicyclic) bond motifs is 1. The number of aromatic nitrogens is 2. The van der Waals surface area contributed by atoms with Crippen molar-refractivity contribution in [3.05, 3.63) is 59.1 Å². The molecule has 0 radical (unpaired) electrons. The summed E-state index contributed by atoms with van der Waals surface area (Å²) in [6.07, 6.45) is 6.99. The van der Waals surface area contributed by atoms with Gasteiger partial charge in [-0.15, -0.1) is 0 Å². The molecule has 1 fully saturated rings. The molecule has 116 valence electrons. The first-order valence-electron chi connectivity index (χ1n) is 7.84. The molecular formula is C19H16ClFN2. The van der Waals surface area contributed by atoms with Crippen molar-refractivity contribution in [2.45, 2.75) is 31.6 Å². The Balaban J connectivity index is 2.11. The van der Waals surface area contributed by atoms with Gasteiger partial charge in [-0.1, -0.05) is 24.6 Å². The van der Waals surface area contributed by atoms with Gasteiger partial charge in [0.25, 0.3) is 0 Å². The van der Waals surface area contributed by atoms with Crippen molar-refractivity contribution in [3.8, 4) is 11.3 Å². The Hall–Kier alpha value is -2.00. The van der Waals surface area contributed by atoms with Gasteiger partial charge in [0.1, 0.15) is 5.82 Å². The third-order valence-corrected chi connectivity index (χ3v) is 5.20. The van der Waals surface area contributed by atoms with Crippen LogP contribution in [0, 0.1) is 5.82 Å². The van der Waals surface area contributed by atoms with Crippen molar-refractivity contribution < 1.29 is 4.39 Å². The molecule has 0 unspecified atom stereocenters. The summed E-state index contributed by atoms with van der Waals surface area (Å²) >= 11 is 6.21. The second-order valence-corrected chi connectivity index (χ2v) is 6.59. The molecule has 23 heavy (non-hydrogen) atoms. The number of benzene rings is 1. The number of hydrogen-bond donors (Lipinski definition) is 0. The molecule has 1 aliphatic rings. The van der Waals surface area contributed by atoms with E-state index in [1.165, 1.54) is 12.1 Å². The van der Waals surface area contributed by atoms with Gasteiger partial charge < -0.3 is 0 Å². The fraction of sp³-hybridized carbons (Fsp3) is 0.263. The molecular weight excluding hydrogens is 311 g/mol. The maximum absolute atomic E-state index is 14.0. The van der Waals surface area contributed by atoms with Gasteiger partial charge in [-0.2, -0.15) is 0 Å². The van der Waals surface area contributed by atoms with Crippen molar-refractivity contribution in [1.29, 1.82) is 0 Å². The Morgan fingerprint density at radius 2 is 2.04 bits per heavy atom. The number of nitrogens with zero attached hydrogens (tertiary/aromatic N) is 2. The molecule has 2 heterocycles. The van der Waals surface area contributed by atoms with Crippen LogP contribution in [0.5, 0.6) is 0 Å². The van der Waals surface area contributed by atoms with Gasteiger partial charge >= 0.3 is 0 Å². The van der Waals surface area contributed by atoms with E-state index in [4.69, 9.17) is 11.6 Å². The summed E-state index contributed by atoms with van der Waals surface area (Å²) in [5.41, 5.74) is 3.75. The lowest BCUT2D eigenvalue weighted by Crippen LogP contribution is -2.08. The average molecular weight is 327 g/mol. The van der Waals surface area contributed by atoms with E-state index in [1.807, 2.05) is 24.4 Å². The highest BCUT2D eigenvalue weighted by molar-refractivity contribution is 6.35. The van der Waals surface area contributed by atoms with Crippen molar-refractivity contribution in [2.24, 2.45) is 0 Å². The van der Waals surface area contributed by atoms with E-state index in [0.29, 0.717) is 10.5 Å². The maximum Gasteiger partial charge on any atom is 0.125 e. The third kappa shape index (κ3) is 2.31. The molecule has 0 aliphatic heterocycles. The Labute approximate surface area is 139 Å². The monoisotopic (exact) mass is 326 g/mol. The largest absolute Gasteiger partial charge is 0.256 e. The van der Waals surface area contributed by atoms with Crippen LogP contribution >= 0.6 is 11.6 Å². The molecule has 0 amide bonds. The first-order valence-corrected chi connectivity index (χ1v) is 8.22. The van der Waals surface area contributed by atoms with E-state index < -0.39 is 0 Å². The highest BCUT2D eigenvalue weighted by Gasteiger charge is 2.44. The SMILES string of the molecule is CCC1(c2cnc3c(Cl)cc(F)cc3c2-c2ccccn2)CC1. The lowest BCUT2D eigenvalue weighted by atomic mass is 9.87. The summed E-state index contributed by atoms with van der Waals surface area (Å²) < 4.78 is 14.0. The minimum absolute atomic E-state index is 0.146. The van der Waals surface area contributed by atoms with Crippen LogP contribution in [-0.2, 0) is 5.41 Å². The summed E-state index contributed by atoms with van der Waals surface area (Å²) in [6, 6.07) is 8.62. The third-order valence-electron chi connectivity index (χ3n) is 4.91. The molecule has 0 spiro atoms. The van der Waals surface area contributed by atoms with Crippen molar-refractivity contribution in [2.75, 3.05) is 0 Å². The molecule has 0 bridgehead atoms. The van der Waals surface area contributed by atoms with Crippen LogP contribution in [0.2, 0.25) is 5.02 Å². The molecule has 1 saturated carbocycles. The zero-order chi connectivity index (χ0) is 16.0. The van der Waals surface area contributed by atoms with Gasteiger partial charge in [-0.3, -0.25) is 9.97 Å². The minimum Gasteiger partial charge on any atom is -0.256 e. The van der Waals surface area contributed by atoms with E-state index in [-0.39, 0.29) is 11.2 Å². The van der Waals surface area contributed by atoms with Crippen LogP contribution in [0.1, 0.15) is 31.7 Å². The van der Waals surface area contributed by atoms with Crippen molar-refractivity contribution in [3.63, 3.8) is 0 Å². The Bertz CT molecular complexity index is 889. The summed E-state index contributed by atoms with van der Waals surface area (Å²) in [4.78, 5) is 9.04. The molecule has 2 aromatic heterocycles. The zero-order valence-electron chi connectivity index (χ0n) is 12.8. The van der Waals surface area contributed by atoms with Crippen LogP contribution in [0.15, 0.2) is 42.7 Å². The van der Waals surface area contributed by atoms with Crippen LogP contribution in [0.25, 0.3) is 22.2 Å². The minimum atomic E-state index is -0.347. The topological polar surface area (TPSA) is 25.8 Å².